The van der Waals surface area contributed by atoms with E-state index in [0.717, 1.165) is 16.5 Å². The Hall–Kier alpha value is -1.53. The molecule has 0 unspecified atom stereocenters. The van der Waals surface area contributed by atoms with E-state index in [2.05, 4.69) is 9.71 Å². The first kappa shape index (κ1) is 16.3. The highest BCUT2D eigenvalue weighted by Gasteiger charge is 2.13. The summed E-state index contributed by atoms with van der Waals surface area (Å²) in [6, 6.07) is 11.7. The van der Waals surface area contributed by atoms with Crippen LogP contribution in [0.1, 0.15) is 5.56 Å². The highest BCUT2D eigenvalue weighted by Crippen LogP contribution is 2.22. The molecule has 3 rings (SSSR count). The second-order valence-corrected chi connectivity index (χ2v) is 7.75. The van der Waals surface area contributed by atoms with Crippen molar-refractivity contribution in [2.24, 2.45) is 0 Å². The van der Waals surface area contributed by atoms with Crippen LogP contribution in [-0.4, -0.2) is 19.9 Å². The van der Waals surface area contributed by atoms with Crippen molar-refractivity contribution in [2.45, 2.75) is 11.3 Å². The fraction of sp³-hybridized carbons (Fsp3) is 0.125. The number of fused-ring (bicyclic) bond motifs is 1. The van der Waals surface area contributed by atoms with Crippen molar-refractivity contribution in [1.29, 1.82) is 0 Å². The van der Waals surface area contributed by atoms with Crippen LogP contribution in [0.25, 0.3) is 10.9 Å². The zero-order valence-corrected chi connectivity index (χ0v) is 14.3. The number of aromatic nitrogens is 1. The first-order chi connectivity index (χ1) is 11.0. The lowest BCUT2D eigenvalue weighted by Crippen LogP contribution is -2.25. The highest BCUT2D eigenvalue weighted by molar-refractivity contribution is 7.89. The second kappa shape index (κ2) is 6.53. The Labute approximate surface area is 144 Å². The van der Waals surface area contributed by atoms with Crippen molar-refractivity contribution >= 4 is 44.1 Å². The number of nitrogens with one attached hydrogen (secondary N) is 2. The average molecular weight is 369 g/mol. The summed E-state index contributed by atoms with van der Waals surface area (Å²) in [6.45, 7) is 0.306. The number of H-pyrrole nitrogens is 1. The van der Waals surface area contributed by atoms with Gasteiger partial charge in [0.15, 0.2) is 0 Å². The predicted octanol–water partition coefficient (Wildman–Crippen LogP) is 4.00. The van der Waals surface area contributed by atoms with Crippen molar-refractivity contribution in [3.63, 3.8) is 0 Å². The Morgan fingerprint density at radius 3 is 2.43 bits per heavy atom. The summed E-state index contributed by atoms with van der Waals surface area (Å²) >= 11 is 11.7. The van der Waals surface area contributed by atoms with E-state index in [9.17, 15) is 8.42 Å². The maximum atomic E-state index is 12.2. The molecule has 0 bridgehead atoms. The van der Waals surface area contributed by atoms with E-state index in [1.165, 1.54) is 12.1 Å². The van der Waals surface area contributed by atoms with Crippen LogP contribution >= 0.6 is 23.2 Å². The third-order valence-electron chi connectivity index (χ3n) is 3.54. The van der Waals surface area contributed by atoms with Crippen LogP contribution in [0.2, 0.25) is 10.0 Å². The molecular formula is C16H14Cl2N2O2S. The fourth-order valence-corrected chi connectivity index (χ4v) is 3.71. The Morgan fingerprint density at radius 1 is 1.00 bits per heavy atom. The first-order valence-corrected chi connectivity index (χ1v) is 9.20. The number of sulfonamides is 1. The molecule has 0 saturated heterocycles. The molecule has 0 fully saturated rings. The summed E-state index contributed by atoms with van der Waals surface area (Å²) in [5.41, 5.74) is 1.98. The number of rotatable bonds is 5. The molecule has 0 aliphatic carbocycles. The van der Waals surface area contributed by atoms with Crippen molar-refractivity contribution in [3.8, 4) is 0 Å². The Morgan fingerprint density at radius 2 is 1.70 bits per heavy atom. The molecule has 120 valence electrons. The maximum Gasteiger partial charge on any atom is 0.240 e. The Kier molecular flexibility index (Phi) is 4.64. The molecule has 23 heavy (non-hydrogen) atoms. The monoisotopic (exact) mass is 368 g/mol. The standard InChI is InChI=1S/C16H14Cl2N2O2S/c17-12-1-4-14(5-2-12)23(21,22)20-8-7-11-10-19-16-9-13(18)3-6-15(11)16/h1-6,9-10,19-20H,7-8H2. The topological polar surface area (TPSA) is 62.0 Å². The van der Waals surface area contributed by atoms with Gasteiger partial charge in [-0.1, -0.05) is 29.3 Å². The summed E-state index contributed by atoms with van der Waals surface area (Å²) in [7, 11) is -3.53. The molecule has 0 aliphatic heterocycles. The van der Waals surface area contributed by atoms with Gasteiger partial charge in [0.25, 0.3) is 0 Å². The molecule has 2 aromatic carbocycles. The van der Waals surface area contributed by atoms with Crippen molar-refractivity contribution in [2.75, 3.05) is 6.54 Å². The highest BCUT2D eigenvalue weighted by atomic mass is 35.5. The first-order valence-electron chi connectivity index (χ1n) is 6.96. The van der Waals surface area contributed by atoms with Crippen molar-refractivity contribution in [1.82, 2.24) is 9.71 Å². The van der Waals surface area contributed by atoms with E-state index < -0.39 is 10.0 Å². The summed E-state index contributed by atoms with van der Waals surface area (Å²) < 4.78 is 27.0. The van der Waals surface area contributed by atoms with Gasteiger partial charge in [-0.15, -0.1) is 0 Å². The number of benzene rings is 2. The smallest absolute Gasteiger partial charge is 0.240 e. The van der Waals surface area contributed by atoms with E-state index in [1.807, 2.05) is 24.4 Å². The molecule has 4 nitrogen and oxygen atoms in total. The van der Waals surface area contributed by atoms with E-state index in [-0.39, 0.29) is 4.90 Å². The number of halogens is 2. The summed E-state index contributed by atoms with van der Waals surface area (Å²) in [6.07, 6.45) is 2.45. The average Bonchev–Trinajstić information content (AvgIpc) is 2.90. The van der Waals surface area contributed by atoms with Crippen LogP contribution in [0.15, 0.2) is 53.6 Å². The molecule has 0 radical (unpaired) electrons. The second-order valence-electron chi connectivity index (χ2n) is 5.11. The van der Waals surface area contributed by atoms with Crippen LogP contribution in [-0.2, 0) is 16.4 Å². The molecule has 1 aromatic heterocycles. The fourth-order valence-electron chi connectivity index (χ4n) is 2.38. The molecule has 3 aromatic rings. The molecule has 0 spiro atoms. The van der Waals surface area contributed by atoms with Crippen molar-refractivity contribution in [3.05, 3.63) is 64.3 Å². The molecule has 0 atom stereocenters. The minimum Gasteiger partial charge on any atom is -0.361 e. The molecule has 0 amide bonds. The van der Waals surface area contributed by atoms with Gasteiger partial charge in [0.2, 0.25) is 10.0 Å². The van der Waals surface area contributed by atoms with Gasteiger partial charge in [-0.2, -0.15) is 0 Å². The molecule has 7 heteroatoms. The quantitative estimate of drug-likeness (QED) is 0.714. The van der Waals surface area contributed by atoms with Gasteiger partial charge in [-0.05, 0) is 48.4 Å². The Balaban J connectivity index is 1.69. The normalized spacial score (nSPS) is 11.9. The summed E-state index contributed by atoms with van der Waals surface area (Å²) in [4.78, 5) is 3.34. The van der Waals surface area contributed by atoms with Crippen LogP contribution in [0, 0.1) is 0 Å². The lowest BCUT2D eigenvalue weighted by atomic mass is 10.1. The van der Waals surface area contributed by atoms with Crippen LogP contribution in [0.4, 0.5) is 0 Å². The molecule has 2 N–H and O–H groups in total. The van der Waals surface area contributed by atoms with Crippen LogP contribution in [0.3, 0.4) is 0 Å². The summed E-state index contributed by atoms with van der Waals surface area (Å²) in [5.74, 6) is 0. The molecule has 0 aliphatic rings. The van der Waals surface area contributed by atoms with Gasteiger partial charge in [0, 0.05) is 33.7 Å². The summed E-state index contributed by atoms with van der Waals surface area (Å²) in [5, 5.41) is 2.20. The van der Waals surface area contributed by atoms with Gasteiger partial charge in [-0.3, -0.25) is 0 Å². The predicted molar refractivity (Wildman–Crippen MR) is 93.7 cm³/mol. The van der Waals surface area contributed by atoms with E-state index in [4.69, 9.17) is 23.2 Å². The Bertz CT molecular complexity index is 934. The van der Waals surface area contributed by atoms with Crippen LogP contribution in [0.5, 0.6) is 0 Å². The minimum atomic E-state index is -3.53. The molecule has 0 saturated carbocycles. The van der Waals surface area contributed by atoms with Crippen molar-refractivity contribution < 1.29 is 8.42 Å². The van der Waals surface area contributed by atoms with Gasteiger partial charge in [0.1, 0.15) is 0 Å². The van der Waals surface area contributed by atoms with E-state index >= 15 is 0 Å². The van der Waals surface area contributed by atoms with Gasteiger partial charge >= 0.3 is 0 Å². The number of hydrogen-bond donors (Lipinski definition) is 2. The largest absolute Gasteiger partial charge is 0.361 e. The third kappa shape index (κ3) is 3.70. The minimum absolute atomic E-state index is 0.201. The van der Waals surface area contributed by atoms with Crippen LogP contribution < -0.4 is 4.72 Å². The third-order valence-corrected chi connectivity index (χ3v) is 5.50. The lowest BCUT2D eigenvalue weighted by molar-refractivity contribution is 0.581. The van der Waals surface area contributed by atoms with E-state index in [1.54, 1.807) is 12.1 Å². The van der Waals surface area contributed by atoms with Gasteiger partial charge in [0.05, 0.1) is 4.90 Å². The zero-order valence-electron chi connectivity index (χ0n) is 12.0. The lowest BCUT2D eigenvalue weighted by Gasteiger charge is -2.06. The number of hydrogen-bond acceptors (Lipinski definition) is 2. The SMILES string of the molecule is O=S(=O)(NCCc1c[nH]c2cc(Cl)ccc12)c1ccc(Cl)cc1. The molecular weight excluding hydrogens is 355 g/mol. The molecule has 1 heterocycles. The van der Waals surface area contributed by atoms with E-state index in [0.29, 0.717) is 23.0 Å². The van der Waals surface area contributed by atoms with Gasteiger partial charge < -0.3 is 4.98 Å². The van der Waals surface area contributed by atoms with Gasteiger partial charge in [-0.25, -0.2) is 13.1 Å². The number of aromatic amines is 1. The zero-order chi connectivity index (χ0) is 16.4. The maximum absolute atomic E-state index is 12.2.